The summed E-state index contributed by atoms with van der Waals surface area (Å²) in [5.41, 5.74) is 6.41. The summed E-state index contributed by atoms with van der Waals surface area (Å²) in [6, 6.07) is 3.74. The number of aromatic nitrogens is 2. The molecule has 13 heavy (non-hydrogen) atoms. The lowest BCUT2D eigenvalue weighted by Crippen LogP contribution is -1.92. The Morgan fingerprint density at radius 2 is 2.00 bits per heavy atom. The monoisotopic (exact) mass is 301 g/mol. The minimum atomic E-state index is 0.485. The third-order valence-corrected chi connectivity index (χ3v) is 2.60. The number of pyridine rings is 2. The highest BCUT2D eigenvalue weighted by molar-refractivity contribution is 9.10. The van der Waals surface area contributed by atoms with Crippen molar-refractivity contribution in [1.29, 1.82) is 0 Å². The number of hydrogen-bond acceptors (Lipinski definition) is 3. The average molecular weight is 303 g/mol. The summed E-state index contributed by atoms with van der Waals surface area (Å²) < 4.78 is 1.60. The highest BCUT2D eigenvalue weighted by atomic mass is 79.9. The van der Waals surface area contributed by atoms with E-state index in [2.05, 4.69) is 41.8 Å². The van der Waals surface area contributed by atoms with Crippen LogP contribution < -0.4 is 5.73 Å². The molecule has 0 unspecified atom stereocenters. The number of nitrogens with two attached hydrogens (primary N) is 1. The lowest BCUT2D eigenvalue weighted by Gasteiger charge is -2.00. The number of nitrogens with zero attached hydrogens (tertiary/aromatic N) is 2. The predicted molar refractivity (Wildman–Crippen MR) is 59.4 cm³/mol. The molecule has 0 amide bonds. The smallest absolute Gasteiger partial charge is 0.134 e. The van der Waals surface area contributed by atoms with E-state index in [0.29, 0.717) is 10.4 Å². The van der Waals surface area contributed by atoms with Crippen molar-refractivity contribution >= 4 is 48.6 Å². The Kier molecular flexibility index (Phi) is 2.21. The minimum absolute atomic E-state index is 0.485. The van der Waals surface area contributed by atoms with Crippen molar-refractivity contribution < 1.29 is 0 Å². The fourth-order valence-electron chi connectivity index (χ4n) is 1.10. The van der Waals surface area contributed by atoms with Gasteiger partial charge in [0.15, 0.2) is 0 Å². The molecular weight excluding hydrogens is 298 g/mol. The zero-order valence-electron chi connectivity index (χ0n) is 6.46. The van der Waals surface area contributed by atoms with E-state index >= 15 is 0 Å². The topological polar surface area (TPSA) is 51.8 Å². The van der Waals surface area contributed by atoms with Crippen molar-refractivity contribution in [1.82, 2.24) is 9.97 Å². The molecule has 2 rings (SSSR count). The fraction of sp³-hybridized carbons (Fsp3) is 0. The summed E-state index contributed by atoms with van der Waals surface area (Å²) in [5.74, 6) is 0.485. The first-order valence-corrected chi connectivity index (χ1v) is 5.13. The maximum Gasteiger partial charge on any atom is 0.134 e. The van der Waals surface area contributed by atoms with Gasteiger partial charge < -0.3 is 5.73 Å². The van der Waals surface area contributed by atoms with Crippen LogP contribution in [0.25, 0.3) is 10.9 Å². The van der Waals surface area contributed by atoms with Crippen LogP contribution in [-0.2, 0) is 0 Å². The van der Waals surface area contributed by atoms with Crippen LogP contribution in [0.4, 0.5) is 5.82 Å². The Morgan fingerprint density at radius 1 is 1.23 bits per heavy atom. The van der Waals surface area contributed by atoms with Crippen LogP contribution in [0, 0.1) is 0 Å². The first-order chi connectivity index (χ1) is 6.16. The molecule has 2 heterocycles. The average Bonchev–Trinajstić information content (AvgIpc) is 2.02. The van der Waals surface area contributed by atoms with Gasteiger partial charge in [-0.05, 0) is 44.0 Å². The van der Waals surface area contributed by atoms with Crippen molar-refractivity contribution in [2.75, 3.05) is 5.73 Å². The molecule has 0 bridgehead atoms. The van der Waals surface area contributed by atoms with Crippen LogP contribution in [0.3, 0.4) is 0 Å². The number of rotatable bonds is 0. The van der Waals surface area contributed by atoms with Gasteiger partial charge in [-0.25, -0.2) is 4.98 Å². The molecule has 0 radical (unpaired) electrons. The van der Waals surface area contributed by atoms with E-state index in [4.69, 9.17) is 5.73 Å². The lowest BCUT2D eigenvalue weighted by atomic mass is 10.2. The molecule has 3 nitrogen and oxygen atoms in total. The molecule has 0 fully saturated rings. The number of halogens is 2. The SMILES string of the molecule is Nc1cc2cc(Br)cnc2c(Br)n1. The van der Waals surface area contributed by atoms with Crippen molar-refractivity contribution in [2.24, 2.45) is 0 Å². The highest BCUT2D eigenvalue weighted by Gasteiger charge is 2.03. The second-order valence-electron chi connectivity index (χ2n) is 2.56. The predicted octanol–water partition coefficient (Wildman–Crippen LogP) is 2.74. The fourth-order valence-corrected chi connectivity index (χ4v) is 1.98. The molecule has 2 aromatic rings. The van der Waals surface area contributed by atoms with Gasteiger partial charge in [0.1, 0.15) is 15.9 Å². The van der Waals surface area contributed by atoms with Crippen LogP contribution in [0.5, 0.6) is 0 Å². The maximum atomic E-state index is 5.59. The number of hydrogen-bond donors (Lipinski definition) is 1. The van der Waals surface area contributed by atoms with E-state index in [1.54, 1.807) is 12.3 Å². The maximum absolute atomic E-state index is 5.59. The van der Waals surface area contributed by atoms with Gasteiger partial charge in [0.05, 0.1) is 0 Å². The van der Waals surface area contributed by atoms with Crippen molar-refractivity contribution in [2.45, 2.75) is 0 Å². The summed E-state index contributed by atoms with van der Waals surface area (Å²) in [7, 11) is 0. The van der Waals surface area contributed by atoms with Gasteiger partial charge in [-0.15, -0.1) is 0 Å². The summed E-state index contributed by atoms with van der Waals surface area (Å²) in [6.45, 7) is 0. The van der Waals surface area contributed by atoms with E-state index in [0.717, 1.165) is 15.4 Å². The van der Waals surface area contributed by atoms with E-state index in [1.807, 2.05) is 6.07 Å². The highest BCUT2D eigenvalue weighted by Crippen LogP contribution is 2.24. The van der Waals surface area contributed by atoms with Gasteiger partial charge in [0, 0.05) is 16.1 Å². The lowest BCUT2D eigenvalue weighted by molar-refractivity contribution is 1.27. The Labute approximate surface area is 91.6 Å². The largest absolute Gasteiger partial charge is 0.384 e. The molecule has 0 aliphatic carbocycles. The molecule has 0 spiro atoms. The zero-order chi connectivity index (χ0) is 9.42. The first kappa shape index (κ1) is 8.90. The third kappa shape index (κ3) is 1.66. The molecule has 0 aliphatic heterocycles. The summed E-state index contributed by atoms with van der Waals surface area (Å²) in [4.78, 5) is 8.26. The van der Waals surface area contributed by atoms with Crippen LogP contribution in [-0.4, -0.2) is 9.97 Å². The molecule has 5 heteroatoms. The number of nitrogen functional groups attached to an aromatic ring is 1. The second-order valence-corrected chi connectivity index (χ2v) is 4.23. The van der Waals surface area contributed by atoms with Gasteiger partial charge in [0.25, 0.3) is 0 Å². The molecule has 0 atom stereocenters. The van der Waals surface area contributed by atoms with Gasteiger partial charge in [0.2, 0.25) is 0 Å². The molecule has 0 aromatic carbocycles. The summed E-state index contributed by atoms with van der Waals surface area (Å²) in [6.07, 6.45) is 1.73. The van der Waals surface area contributed by atoms with E-state index < -0.39 is 0 Å². The summed E-state index contributed by atoms with van der Waals surface area (Å²) >= 11 is 6.65. The Bertz CT molecular complexity index is 465. The van der Waals surface area contributed by atoms with E-state index in [-0.39, 0.29) is 0 Å². The van der Waals surface area contributed by atoms with Gasteiger partial charge in [-0.1, -0.05) is 0 Å². The normalized spacial score (nSPS) is 10.6. The van der Waals surface area contributed by atoms with E-state index in [9.17, 15) is 0 Å². The Balaban J connectivity index is 2.86. The van der Waals surface area contributed by atoms with Crippen LogP contribution in [0.15, 0.2) is 27.4 Å². The molecule has 66 valence electrons. The second kappa shape index (κ2) is 3.23. The molecule has 0 saturated heterocycles. The van der Waals surface area contributed by atoms with Crippen molar-refractivity contribution in [3.63, 3.8) is 0 Å². The Morgan fingerprint density at radius 3 is 2.77 bits per heavy atom. The number of fused-ring (bicyclic) bond motifs is 1. The molecule has 2 N–H and O–H groups in total. The van der Waals surface area contributed by atoms with Gasteiger partial charge >= 0.3 is 0 Å². The Hall–Kier alpha value is -0.680. The van der Waals surface area contributed by atoms with E-state index in [1.165, 1.54) is 0 Å². The molecule has 0 aliphatic rings. The van der Waals surface area contributed by atoms with Crippen LogP contribution in [0.2, 0.25) is 0 Å². The van der Waals surface area contributed by atoms with Crippen molar-refractivity contribution in [3.8, 4) is 0 Å². The number of anilines is 1. The summed E-state index contributed by atoms with van der Waals surface area (Å²) in [5, 5.41) is 0.966. The van der Waals surface area contributed by atoms with Gasteiger partial charge in [-0.3, -0.25) is 4.98 Å². The molecule has 0 saturated carbocycles. The molecular formula is C8H5Br2N3. The quantitative estimate of drug-likeness (QED) is 0.761. The standard InChI is InChI=1S/C8H5Br2N3/c9-5-1-4-2-6(11)13-8(10)7(4)12-3-5/h1-3H,(H2,11,13). The van der Waals surface area contributed by atoms with Crippen LogP contribution >= 0.6 is 31.9 Å². The third-order valence-electron chi connectivity index (χ3n) is 1.61. The minimum Gasteiger partial charge on any atom is -0.384 e. The molecule has 2 aromatic heterocycles. The first-order valence-electron chi connectivity index (χ1n) is 3.54. The van der Waals surface area contributed by atoms with Gasteiger partial charge in [-0.2, -0.15) is 0 Å². The zero-order valence-corrected chi connectivity index (χ0v) is 9.63. The van der Waals surface area contributed by atoms with Crippen LogP contribution in [0.1, 0.15) is 0 Å². The van der Waals surface area contributed by atoms with Crippen molar-refractivity contribution in [3.05, 3.63) is 27.4 Å².